The molecule has 2 aromatic rings. The van der Waals surface area contributed by atoms with Crippen LogP contribution in [0.5, 0.6) is 0 Å². The van der Waals surface area contributed by atoms with Crippen LogP contribution in [0.25, 0.3) is 11.6 Å². The van der Waals surface area contributed by atoms with Gasteiger partial charge in [-0.1, -0.05) is 19.1 Å². The number of aryl methyl sites for hydroxylation is 1. The van der Waals surface area contributed by atoms with Crippen LogP contribution in [0.15, 0.2) is 36.4 Å². The van der Waals surface area contributed by atoms with Crippen LogP contribution >= 0.6 is 0 Å². The van der Waals surface area contributed by atoms with Crippen molar-refractivity contribution >= 4 is 17.3 Å². The van der Waals surface area contributed by atoms with Gasteiger partial charge in [0.15, 0.2) is 0 Å². The Kier molecular flexibility index (Phi) is 5.11. The van der Waals surface area contributed by atoms with Gasteiger partial charge in [-0.25, -0.2) is 4.39 Å². The van der Waals surface area contributed by atoms with Crippen LogP contribution in [0.4, 0.5) is 10.1 Å². The van der Waals surface area contributed by atoms with E-state index < -0.39 is 0 Å². The van der Waals surface area contributed by atoms with Gasteiger partial charge in [0.25, 0.3) is 0 Å². The summed E-state index contributed by atoms with van der Waals surface area (Å²) in [5.41, 5.74) is 6.26. The molecular formula is C24H27FN2. The van der Waals surface area contributed by atoms with Gasteiger partial charge in [-0.3, -0.25) is 0 Å². The van der Waals surface area contributed by atoms with Gasteiger partial charge in [-0.2, -0.15) is 5.26 Å². The molecule has 1 heterocycles. The van der Waals surface area contributed by atoms with Gasteiger partial charge in [0, 0.05) is 17.8 Å². The molecule has 2 aromatic carbocycles. The molecule has 3 rings (SSSR count). The monoisotopic (exact) mass is 362 g/mol. The molecule has 0 amide bonds. The molecule has 0 spiro atoms. The fraction of sp³-hybridized carbons (Fsp3) is 0.375. The zero-order chi connectivity index (χ0) is 19.8. The van der Waals surface area contributed by atoms with Crippen molar-refractivity contribution in [2.75, 3.05) is 11.4 Å². The van der Waals surface area contributed by atoms with Crippen LogP contribution in [-0.2, 0) is 0 Å². The fourth-order valence-electron chi connectivity index (χ4n) is 4.37. The molecule has 2 nitrogen and oxygen atoms in total. The van der Waals surface area contributed by atoms with Crippen molar-refractivity contribution in [2.45, 2.75) is 52.5 Å². The Morgan fingerprint density at radius 2 is 1.96 bits per heavy atom. The first-order chi connectivity index (χ1) is 12.8. The van der Waals surface area contributed by atoms with E-state index in [4.69, 9.17) is 0 Å². The lowest BCUT2D eigenvalue weighted by atomic mass is 9.79. The average Bonchev–Trinajstić information content (AvgIpc) is 2.61. The predicted octanol–water partition coefficient (Wildman–Crippen LogP) is 6.31. The van der Waals surface area contributed by atoms with Gasteiger partial charge < -0.3 is 4.90 Å². The number of nitrogens with zero attached hydrogens (tertiary/aromatic N) is 2. The van der Waals surface area contributed by atoms with Gasteiger partial charge in [-0.15, -0.1) is 0 Å². The number of halogens is 1. The Morgan fingerprint density at radius 1 is 1.30 bits per heavy atom. The van der Waals surface area contributed by atoms with E-state index >= 15 is 0 Å². The molecule has 1 unspecified atom stereocenters. The molecule has 0 bridgehead atoms. The van der Waals surface area contributed by atoms with Crippen molar-refractivity contribution in [3.8, 4) is 6.07 Å². The summed E-state index contributed by atoms with van der Waals surface area (Å²) in [6.45, 7) is 12.2. The van der Waals surface area contributed by atoms with Crippen molar-refractivity contribution in [2.24, 2.45) is 0 Å². The molecule has 0 radical (unpaired) electrons. The highest BCUT2D eigenvalue weighted by molar-refractivity contribution is 5.90. The molecule has 140 valence electrons. The zero-order valence-electron chi connectivity index (χ0n) is 16.8. The van der Waals surface area contributed by atoms with Crippen LogP contribution in [-0.4, -0.2) is 12.1 Å². The van der Waals surface area contributed by atoms with Crippen molar-refractivity contribution in [1.82, 2.24) is 0 Å². The number of benzene rings is 2. The maximum atomic E-state index is 13.2. The Bertz CT molecular complexity index is 917. The molecule has 0 N–H and O–H groups in total. The third-order valence-electron chi connectivity index (χ3n) is 5.67. The first kappa shape index (κ1) is 19.2. The number of hydrogen-bond donors (Lipinski definition) is 0. The van der Waals surface area contributed by atoms with Gasteiger partial charge >= 0.3 is 0 Å². The average molecular weight is 362 g/mol. The summed E-state index contributed by atoms with van der Waals surface area (Å²) in [7, 11) is 0. The minimum Gasteiger partial charge on any atom is -0.366 e. The third-order valence-corrected chi connectivity index (χ3v) is 5.67. The number of fused-ring (bicyclic) bond motifs is 1. The van der Waals surface area contributed by atoms with Crippen LogP contribution in [0, 0.1) is 24.1 Å². The molecule has 1 aliphatic rings. The van der Waals surface area contributed by atoms with Crippen molar-refractivity contribution in [3.05, 3.63) is 64.5 Å². The predicted molar refractivity (Wildman–Crippen MR) is 111 cm³/mol. The van der Waals surface area contributed by atoms with E-state index in [1.165, 1.54) is 23.4 Å². The maximum absolute atomic E-state index is 13.2. The summed E-state index contributed by atoms with van der Waals surface area (Å²) in [4.78, 5) is 2.48. The van der Waals surface area contributed by atoms with Gasteiger partial charge in [0.2, 0.25) is 0 Å². The Labute approximate surface area is 161 Å². The molecule has 1 atom stereocenters. The molecule has 0 aromatic heterocycles. The second-order valence-corrected chi connectivity index (χ2v) is 8.11. The van der Waals surface area contributed by atoms with Crippen LogP contribution < -0.4 is 4.90 Å². The Balaban J connectivity index is 2.10. The van der Waals surface area contributed by atoms with E-state index in [0.29, 0.717) is 11.5 Å². The molecule has 3 heteroatoms. The highest BCUT2D eigenvalue weighted by Crippen LogP contribution is 2.44. The SMILES string of the molecule is CCN1c2cc(C)c(/C=C(\C#N)c3ccc(F)cc3)cc2C(C)CC1(C)C. The second kappa shape index (κ2) is 7.19. The van der Waals surface area contributed by atoms with Gasteiger partial charge in [-0.05, 0) is 92.6 Å². The van der Waals surface area contributed by atoms with Crippen molar-refractivity contribution in [1.29, 1.82) is 5.26 Å². The van der Waals surface area contributed by atoms with E-state index in [0.717, 1.165) is 29.7 Å². The largest absolute Gasteiger partial charge is 0.366 e. The number of anilines is 1. The van der Waals surface area contributed by atoms with Crippen molar-refractivity contribution in [3.63, 3.8) is 0 Å². The smallest absolute Gasteiger partial charge is 0.123 e. The summed E-state index contributed by atoms with van der Waals surface area (Å²) in [5.74, 6) is 0.166. The van der Waals surface area contributed by atoms with E-state index in [-0.39, 0.29) is 11.4 Å². The second-order valence-electron chi connectivity index (χ2n) is 8.11. The first-order valence-electron chi connectivity index (χ1n) is 9.56. The summed E-state index contributed by atoms with van der Waals surface area (Å²) >= 11 is 0. The lowest BCUT2D eigenvalue weighted by Crippen LogP contribution is -2.48. The minimum atomic E-state index is -0.294. The van der Waals surface area contributed by atoms with Crippen molar-refractivity contribution < 1.29 is 4.39 Å². The third kappa shape index (κ3) is 3.62. The number of rotatable bonds is 3. The van der Waals surface area contributed by atoms with Gasteiger partial charge in [0.1, 0.15) is 5.82 Å². The lowest BCUT2D eigenvalue weighted by molar-refractivity contribution is 0.381. The van der Waals surface area contributed by atoms with E-state index in [2.05, 4.69) is 57.7 Å². The molecule has 0 saturated heterocycles. The minimum absolute atomic E-state index is 0.136. The summed E-state index contributed by atoms with van der Waals surface area (Å²) in [6, 6.07) is 12.8. The normalized spacial score (nSPS) is 18.8. The molecule has 1 aliphatic heterocycles. The summed E-state index contributed by atoms with van der Waals surface area (Å²) in [5, 5.41) is 9.62. The maximum Gasteiger partial charge on any atom is 0.123 e. The standard InChI is InChI=1S/C24H27FN2/c1-6-27-23-11-16(2)19(13-22(23)17(3)14-24(27,4)5)12-20(15-26)18-7-9-21(25)10-8-18/h7-13,17H,6,14H2,1-5H3/b20-12+. The molecule has 27 heavy (non-hydrogen) atoms. The molecular weight excluding hydrogens is 335 g/mol. The van der Waals surface area contributed by atoms with Crippen LogP contribution in [0.3, 0.4) is 0 Å². The van der Waals surface area contributed by atoms with Crippen LogP contribution in [0.1, 0.15) is 62.3 Å². The zero-order valence-corrected chi connectivity index (χ0v) is 16.8. The number of hydrogen-bond acceptors (Lipinski definition) is 2. The highest BCUT2D eigenvalue weighted by atomic mass is 19.1. The fourth-order valence-corrected chi connectivity index (χ4v) is 4.37. The summed E-state index contributed by atoms with van der Waals surface area (Å²) in [6.07, 6.45) is 3.02. The first-order valence-corrected chi connectivity index (χ1v) is 9.56. The number of nitriles is 1. The number of allylic oxidation sites excluding steroid dienone is 1. The summed E-state index contributed by atoms with van der Waals surface area (Å²) < 4.78 is 13.2. The van der Waals surface area contributed by atoms with Crippen LogP contribution in [0.2, 0.25) is 0 Å². The van der Waals surface area contributed by atoms with E-state index in [1.54, 1.807) is 12.1 Å². The Morgan fingerprint density at radius 3 is 2.56 bits per heavy atom. The van der Waals surface area contributed by atoms with E-state index in [1.807, 2.05) is 6.08 Å². The quantitative estimate of drug-likeness (QED) is 0.472. The molecule has 0 saturated carbocycles. The topological polar surface area (TPSA) is 27.0 Å². The van der Waals surface area contributed by atoms with Gasteiger partial charge in [0.05, 0.1) is 11.6 Å². The Hall–Kier alpha value is -2.60. The molecule has 0 aliphatic carbocycles. The lowest BCUT2D eigenvalue weighted by Gasteiger charge is -2.47. The van der Waals surface area contributed by atoms with E-state index in [9.17, 15) is 9.65 Å². The molecule has 0 fully saturated rings. The highest BCUT2D eigenvalue weighted by Gasteiger charge is 2.35.